The van der Waals surface area contributed by atoms with Crippen molar-refractivity contribution >= 4 is 34.3 Å². The number of hydrogen-bond acceptors (Lipinski definition) is 5. The molecule has 8 nitrogen and oxygen atoms in total. The first kappa shape index (κ1) is 25.1. The molecule has 0 radical (unpaired) electrons. The molecule has 0 spiro atoms. The molecular weight excluding hydrogens is 382 g/mol. The van der Waals surface area contributed by atoms with Crippen LogP contribution in [0.2, 0.25) is 0 Å². The fourth-order valence-electron chi connectivity index (χ4n) is 2.85. The highest BCUT2D eigenvalue weighted by Gasteiger charge is 2.32. The van der Waals surface area contributed by atoms with Gasteiger partial charge in [0.25, 0.3) is 0 Å². The molecule has 0 atom stereocenters. The molecule has 1 rings (SSSR count). The fraction of sp³-hybridized carbons (Fsp3) is 0.875. The standard InChI is InChI=1S/C16H31N3O5S.ClH/c1-5-16(3,4)17-14(20)11-18(12-15(21)22)13-7-9-19(10-8-13)25(23,24)6-2;/h13H,5-12H2,1-4H3,(H,17,20)(H,21,22);1H. The zero-order valence-electron chi connectivity index (χ0n) is 16.0. The van der Waals surface area contributed by atoms with E-state index < -0.39 is 16.0 Å². The van der Waals surface area contributed by atoms with Crippen molar-refractivity contribution in [2.24, 2.45) is 0 Å². The average molecular weight is 414 g/mol. The number of hydrogen-bond donors (Lipinski definition) is 2. The molecule has 2 N–H and O–H groups in total. The molecule has 0 aliphatic carbocycles. The fourth-order valence-corrected chi connectivity index (χ4v) is 3.98. The number of carboxylic acid groups (broad SMARTS) is 1. The maximum absolute atomic E-state index is 12.3. The minimum Gasteiger partial charge on any atom is -0.480 e. The maximum atomic E-state index is 12.3. The molecule has 1 heterocycles. The van der Waals surface area contributed by atoms with Crippen molar-refractivity contribution in [1.82, 2.24) is 14.5 Å². The summed E-state index contributed by atoms with van der Waals surface area (Å²) in [6.07, 6.45) is 1.82. The van der Waals surface area contributed by atoms with Gasteiger partial charge in [0.15, 0.2) is 0 Å². The van der Waals surface area contributed by atoms with Gasteiger partial charge in [-0.1, -0.05) is 6.92 Å². The van der Waals surface area contributed by atoms with E-state index in [1.54, 1.807) is 11.8 Å². The van der Waals surface area contributed by atoms with Crippen LogP contribution in [0.1, 0.15) is 47.0 Å². The van der Waals surface area contributed by atoms with Crippen LogP contribution in [0.5, 0.6) is 0 Å². The molecule has 0 saturated carbocycles. The minimum absolute atomic E-state index is 0. The third kappa shape index (κ3) is 7.77. The normalized spacial score (nSPS) is 17.0. The van der Waals surface area contributed by atoms with Gasteiger partial charge < -0.3 is 10.4 Å². The summed E-state index contributed by atoms with van der Waals surface area (Å²) in [5.41, 5.74) is -0.343. The molecule has 0 bridgehead atoms. The van der Waals surface area contributed by atoms with Crippen LogP contribution in [0.4, 0.5) is 0 Å². The van der Waals surface area contributed by atoms with E-state index in [4.69, 9.17) is 5.11 Å². The Labute approximate surface area is 162 Å². The Balaban J connectivity index is 0.00000625. The number of piperidine rings is 1. The number of aliphatic carboxylic acids is 1. The lowest BCUT2D eigenvalue weighted by molar-refractivity contribution is -0.139. The summed E-state index contributed by atoms with van der Waals surface area (Å²) in [6.45, 7) is 7.91. The van der Waals surface area contributed by atoms with Crippen molar-refractivity contribution in [2.75, 3.05) is 31.9 Å². The zero-order chi connectivity index (χ0) is 19.3. The van der Waals surface area contributed by atoms with Crippen molar-refractivity contribution in [2.45, 2.75) is 58.5 Å². The number of sulfonamides is 1. The van der Waals surface area contributed by atoms with E-state index in [1.807, 2.05) is 20.8 Å². The monoisotopic (exact) mass is 413 g/mol. The van der Waals surface area contributed by atoms with E-state index in [1.165, 1.54) is 4.31 Å². The summed E-state index contributed by atoms with van der Waals surface area (Å²) in [5, 5.41) is 12.1. The topological polar surface area (TPSA) is 107 Å². The largest absolute Gasteiger partial charge is 0.480 e. The van der Waals surface area contributed by atoms with E-state index in [0.717, 1.165) is 6.42 Å². The number of carboxylic acids is 1. The Hall–Kier alpha value is -0.900. The Morgan fingerprint density at radius 2 is 1.73 bits per heavy atom. The highest BCUT2D eigenvalue weighted by molar-refractivity contribution is 7.89. The van der Waals surface area contributed by atoms with Gasteiger partial charge >= 0.3 is 5.97 Å². The van der Waals surface area contributed by atoms with Crippen LogP contribution in [0, 0.1) is 0 Å². The van der Waals surface area contributed by atoms with Crippen molar-refractivity contribution in [3.8, 4) is 0 Å². The van der Waals surface area contributed by atoms with Gasteiger partial charge in [-0.25, -0.2) is 12.7 Å². The van der Waals surface area contributed by atoms with Crippen LogP contribution in [0.25, 0.3) is 0 Å². The number of nitrogens with one attached hydrogen (secondary N) is 1. The SMILES string of the molecule is CCC(C)(C)NC(=O)CN(CC(=O)O)C1CCN(S(=O)(=O)CC)CC1.Cl. The van der Waals surface area contributed by atoms with Gasteiger partial charge in [0.05, 0.1) is 18.8 Å². The highest BCUT2D eigenvalue weighted by atomic mass is 35.5. The molecule has 1 aliphatic rings. The lowest BCUT2D eigenvalue weighted by atomic mass is 10.0. The van der Waals surface area contributed by atoms with Crippen LogP contribution in [-0.2, 0) is 19.6 Å². The van der Waals surface area contributed by atoms with E-state index in [0.29, 0.717) is 25.9 Å². The molecule has 0 unspecified atom stereocenters. The highest BCUT2D eigenvalue weighted by Crippen LogP contribution is 2.19. The molecule has 154 valence electrons. The number of rotatable bonds is 9. The third-order valence-electron chi connectivity index (χ3n) is 4.74. The Morgan fingerprint density at radius 1 is 1.19 bits per heavy atom. The van der Waals surface area contributed by atoms with Gasteiger partial charge in [0.2, 0.25) is 15.9 Å². The van der Waals surface area contributed by atoms with Gasteiger partial charge in [-0.2, -0.15) is 0 Å². The second-order valence-corrected chi connectivity index (χ2v) is 9.37. The molecule has 1 amide bonds. The van der Waals surface area contributed by atoms with Crippen molar-refractivity contribution in [1.29, 1.82) is 0 Å². The van der Waals surface area contributed by atoms with E-state index in [9.17, 15) is 18.0 Å². The second-order valence-electron chi connectivity index (χ2n) is 7.12. The van der Waals surface area contributed by atoms with Gasteiger partial charge in [0.1, 0.15) is 0 Å². The molecule has 0 aromatic rings. The molecule has 1 fully saturated rings. The van der Waals surface area contributed by atoms with Gasteiger partial charge in [-0.05, 0) is 40.0 Å². The zero-order valence-corrected chi connectivity index (χ0v) is 17.7. The van der Waals surface area contributed by atoms with Crippen LogP contribution in [0.15, 0.2) is 0 Å². The van der Waals surface area contributed by atoms with E-state index >= 15 is 0 Å². The van der Waals surface area contributed by atoms with Crippen molar-refractivity contribution in [3.05, 3.63) is 0 Å². The molecule has 26 heavy (non-hydrogen) atoms. The smallest absolute Gasteiger partial charge is 0.317 e. The van der Waals surface area contributed by atoms with Crippen LogP contribution < -0.4 is 5.32 Å². The predicted molar refractivity (Wildman–Crippen MR) is 103 cm³/mol. The average Bonchev–Trinajstić information content (AvgIpc) is 2.53. The first-order valence-electron chi connectivity index (χ1n) is 8.75. The van der Waals surface area contributed by atoms with Gasteiger partial charge in [-0.3, -0.25) is 14.5 Å². The Bertz CT molecular complexity index is 574. The number of carbonyl (C=O) groups is 2. The van der Waals surface area contributed by atoms with Gasteiger partial charge in [-0.15, -0.1) is 12.4 Å². The maximum Gasteiger partial charge on any atom is 0.317 e. The van der Waals surface area contributed by atoms with Crippen LogP contribution >= 0.6 is 12.4 Å². The molecule has 1 saturated heterocycles. The summed E-state index contributed by atoms with van der Waals surface area (Å²) in [4.78, 5) is 25.1. The third-order valence-corrected chi connectivity index (χ3v) is 6.63. The number of carbonyl (C=O) groups excluding carboxylic acids is 1. The van der Waals surface area contributed by atoms with Gasteiger partial charge in [0, 0.05) is 24.7 Å². The summed E-state index contributed by atoms with van der Waals surface area (Å²) < 4.78 is 25.3. The Morgan fingerprint density at radius 3 is 2.15 bits per heavy atom. The van der Waals surface area contributed by atoms with E-state index in [2.05, 4.69) is 5.32 Å². The van der Waals surface area contributed by atoms with Crippen molar-refractivity contribution in [3.63, 3.8) is 0 Å². The molecule has 10 heteroatoms. The number of amides is 1. The molecular formula is C16H32ClN3O5S. The quantitative estimate of drug-likeness (QED) is 0.581. The summed E-state index contributed by atoms with van der Waals surface area (Å²) in [5.74, 6) is -1.15. The first-order chi connectivity index (χ1) is 11.5. The van der Waals surface area contributed by atoms with Crippen LogP contribution in [0.3, 0.4) is 0 Å². The van der Waals surface area contributed by atoms with Crippen LogP contribution in [-0.4, -0.2) is 78.1 Å². The Kier molecular flexibility index (Phi) is 10.1. The minimum atomic E-state index is -3.22. The summed E-state index contributed by atoms with van der Waals surface area (Å²) in [6, 6.07) is -0.116. The molecule has 1 aliphatic heterocycles. The molecule has 0 aromatic heterocycles. The molecule has 0 aromatic carbocycles. The second kappa shape index (κ2) is 10.4. The van der Waals surface area contributed by atoms with Crippen molar-refractivity contribution < 1.29 is 23.1 Å². The first-order valence-corrected chi connectivity index (χ1v) is 10.4. The lowest BCUT2D eigenvalue weighted by Gasteiger charge is -2.37. The predicted octanol–water partition coefficient (Wildman–Crippen LogP) is 0.914. The lowest BCUT2D eigenvalue weighted by Crippen LogP contribution is -2.53. The summed E-state index contributed by atoms with van der Waals surface area (Å²) in [7, 11) is -3.22. The van der Waals surface area contributed by atoms with E-state index in [-0.39, 0.29) is 48.7 Å². The number of nitrogens with zero attached hydrogens (tertiary/aromatic N) is 2. The summed E-state index contributed by atoms with van der Waals surface area (Å²) >= 11 is 0. The number of halogens is 1.